The largest absolute Gasteiger partial charge is 0.493 e. The Morgan fingerprint density at radius 2 is 1.46 bits per heavy atom. The lowest BCUT2D eigenvalue weighted by molar-refractivity contribution is 0.0699. The fourth-order valence-corrected chi connectivity index (χ4v) is 6.18. The molecule has 1 amide bonds. The lowest BCUT2D eigenvalue weighted by Gasteiger charge is -2.38. The first-order chi connectivity index (χ1) is 19.0. The maximum Gasteiger partial charge on any atom is 0.264 e. The van der Waals surface area contributed by atoms with E-state index in [-0.39, 0.29) is 11.9 Å². The highest BCUT2D eigenvalue weighted by atomic mass is 32.1. The fraction of sp³-hybridized carbons (Fsp3) is 0.258. The summed E-state index contributed by atoms with van der Waals surface area (Å²) in [6.07, 6.45) is 0.715. The van der Waals surface area contributed by atoms with E-state index < -0.39 is 0 Å². The molecule has 5 rings (SSSR count). The summed E-state index contributed by atoms with van der Waals surface area (Å²) in [6, 6.07) is 21.5. The first-order valence-corrected chi connectivity index (χ1v) is 13.4. The van der Waals surface area contributed by atoms with Gasteiger partial charge < -0.3 is 28.6 Å². The molecule has 1 aliphatic rings. The van der Waals surface area contributed by atoms with Gasteiger partial charge in [0, 0.05) is 17.0 Å². The van der Waals surface area contributed by atoms with Gasteiger partial charge in [0.2, 0.25) is 5.75 Å². The van der Waals surface area contributed by atoms with Crippen LogP contribution in [0.2, 0.25) is 0 Å². The molecule has 39 heavy (non-hydrogen) atoms. The van der Waals surface area contributed by atoms with Crippen molar-refractivity contribution < 1.29 is 28.5 Å². The lowest BCUT2D eigenvalue weighted by Crippen LogP contribution is -2.40. The second-order valence-electron chi connectivity index (χ2n) is 9.01. The van der Waals surface area contributed by atoms with E-state index in [2.05, 4.69) is 12.1 Å². The second kappa shape index (κ2) is 11.3. The number of benzene rings is 3. The summed E-state index contributed by atoms with van der Waals surface area (Å²) in [4.78, 5) is 17.6. The maximum absolute atomic E-state index is 14.1. The number of thiophene rings is 1. The number of methoxy groups -OCH3 is 5. The summed E-state index contributed by atoms with van der Waals surface area (Å²) in [7, 11) is 8.03. The number of carbonyl (C=O) groups excluding carboxylic acids is 1. The monoisotopic (exact) mass is 545 g/mol. The summed E-state index contributed by atoms with van der Waals surface area (Å²) >= 11 is 1.43. The SMILES string of the molecule is COc1cc2c(cc1OC)[C@H](c1ccccc1)N(C(=O)c1ccc(-c3ccc(OC)c(OC)c3OC)s1)CC2. The average molecular weight is 546 g/mol. The third kappa shape index (κ3) is 4.76. The van der Waals surface area contributed by atoms with Gasteiger partial charge in [0.05, 0.1) is 46.5 Å². The summed E-state index contributed by atoms with van der Waals surface area (Å²) in [6.45, 7) is 0.577. The average Bonchev–Trinajstić information content (AvgIpc) is 3.49. The van der Waals surface area contributed by atoms with E-state index in [1.807, 2.05) is 59.5 Å². The molecule has 2 heterocycles. The number of nitrogens with zero attached hydrogens (tertiary/aromatic N) is 1. The van der Waals surface area contributed by atoms with Gasteiger partial charge in [-0.3, -0.25) is 4.79 Å². The molecule has 0 aliphatic carbocycles. The molecular formula is C31H31NO6S. The van der Waals surface area contributed by atoms with Crippen molar-refractivity contribution in [2.45, 2.75) is 12.5 Å². The first-order valence-electron chi connectivity index (χ1n) is 12.5. The van der Waals surface area contributed by atoms with E-state index >= 15 is 0 Å². The van der Waals surface area contributed by atoms with Crippen molar-refractivity contribution >= 4 is 17.2 Å². The van der Waals surface area contributed by atoms with E-state index in [9.17, 15) is 4.79 Å². The Hall–Kier alpha value is -4.17. The fourth-order valence-electron chi connectivity index (χ4n) is 5.19. The number of rotatable bonds is 8. The highest BCUT2D eigenvalue weighted by molar-refractivity contribution is 7.17. The molecule has 8 heteroatoms. The van der Waals surface area contributed by atoms with Crippen molar-refractivity contribution in [2.24, 2.45) is 0 Å². The zero-order valence-corrected chi connectivity index (χ0v) is 23.5. The molecule has 0 radical (unpaired) electrons. The van der Waals surface area contributed by atoms with E-state index in [4.69, 9.17) is 23.7 Å². The minimum Gasteiger partial charge on any atom is -0.493 e. The van der Waals surface area contributed by atoms with Crippen molar-refractivity contribution in [1.29, 1.82) is 0 Å². The molecule has 3 aromatic carbocycles. The van der Waals surface area contributed by atoms with Gasteiger partial charge in [0.1, 0.15) is 0 Å². The molecule has 4 aromatic rings. The number of ether oxygens (including phenoxy) is 5. The molecule has 0 bridgehead atoms. The van der Waals surface area contributed by atoms with Gasteiger partial charge in [-0.1, -0.05) is 30.3 Å². The van der Waals surface area contributed by atoms with Crippen molar-refractivity contribution in [2.75, 3.05) is 42.1 Å². The van der Waals surface area contributed by atoms with Crippen LogP contribution in [0.4, 0.5) is 0 Å². The molecular weight excluding hydrogens is 514 g/mol. The zero-order valence-electron chi connectivity index (χ0n) is 22.6. The van der Waals surface area contributed by atoms with Gasteiger partial charge in [0.25, 0.3) is 5.91 Å². The highest BCUT2D eigenvalue weighted by Crippen LogP contribution is 2.47. The molecule has 1 aromatic heterocycles. The number of fused-ring (bicyclic) bond motifs is 1. The van der Waals surface area contributed by atoms with Gasteiger partial charge in [-0.15, -0.1) is 11.3 Å². The van der Waals surface area contributed by atoms with Crippen LogP contribution in [0.5, 0.6) is 28.7 Å². The smallest absolute Gasteiger partial charge is 0.264 e. The topological polar surface area (TPSA) is 66.5 Å². The molecule has 0 saturated heterocycles. The maximum atomic E-state index is 14.1. The van der Waals surface area contributed by atoms with E-state index in [0.717, 1.165) is 27.1 Å². The van der Waals surface area contributed by atoms with Crippen molar-refractivity contribution in [3.8, 4) is 39.2 Å². The quantitative estimate of drug-likeness (QED) is 0.261. The third-order valence-corrected chi connectivity index (χ3v) is 8.14. The Bertz CT molecular complexity index is 1480. The predicted molar refractivity (Wildman–Crippen MR) is 152 cm³/mol. The molecule has 0 unspecified atom stereocenters. The zero-order chi connectivity index (χ0) is 27.5. The summed E-state index contributed by atoms with van der Waals surface area (Å²) in [5, 5.41) is 0. The van der Waals surface area contributed by atoms with Gasteiger partial charge in [-0.25, -0.2) is 0 Å². The minimum atomic E-state index is -0.261. The van der Waals surface area contributed by atoms with Crippen molar-refractivity contribution in [3.63, 3.8) is 0 Å². The molecule has 1 aliphatic heterocycles. The predicted octanol–water partition coefficient (Wildman–Crippen LogP) is 6.25. The van der Waals surface area contributed by atoms with Crippen LogP contribution in [0.25, 0.3) is 10.4 Å². The van der Waals surface area contributed by atoms with Crippen LogP contribution in [0.3, 0.4) is 0 Å². The Kier molecular flexibility index (Phi) is 7.65. The summed E-state index contributed by atoms with van der Waals surface area (Å²) in [5.74, 6) is 2.96. The first kappa shape index (κ1) is 26.4. The van der Waals surface area contributed by atoms with Crippen LogP contribution in [0.1, 0.15) is 32.4 Å². The third-order valence-electron chi connectivity index (χ3n) is 7.04. The van der Waals surface area contributed by atoms with Gasteiger partial charge in [0.15, 0.2) is 23.0 Å². The van der Waals surface area contributed by atoms with Crippen molar-refractivity contribution in [3.05, 3.63) is 88.3 Å². The Labute approximate surface area is 232 Å². The highest BCUT2D eigenvalue weighted by Gasteiger charge is 2.34. The van der Waals surface area contributed by atoms with E-state index in [1.54, 1.807) is 35.5 Å². The van der Waals surface area contributed by atoms with E-state index in [1.165, 1.54) is 11.3 Å². The molecule has 7 nitrogen and oxygen atoms in total. The number of hydrogen-bond acceptors (Lipinski definition) is 7. The number of amides is 1. The van der Waals surface area contributed by atoms with E-state index in [0.29, 0.717) is 46.6 Å². The standard InChI is InChI=1S/C31H31NO6S/c1-34-23-12-11-21(29(37-4)30(23)38-5)26-13-14-27(39-26)31(33)32-16-15-20-17-24(35-2)25(36-3)18-22(20)28(32)19-9-7-6-8-10-19/h6-14,17-18,28H,15-16H2,1-5H3/t28-/m0/s1. The molecule has 0 N–H and O–H groups in total. The number of carbonyl (C=O) groups is 1. The Balaban J connectivity index is 1.55. The van der Waals surface area contributed by atoms with Crippen LogP contribution in [-0.4, -0.2) is 52.9 Å². The van der Waals surface area contributed by atoms with Gasteiger partial charge >= 0.3 is 0 Å². The summed E-state index contributed by atoms with van der Waals surface area (Å²) in [5.41, 5.74) is 4.06. The van der Waals surface area contributed by atoms with Crippen LogP contribution in [0.15, 0.2) is 66.7 Å². The Morgan fingerprint density at radius 3 is 2.13 bits per heavy atom. The minimum absolute atomic E-state index is 0.0278. The normalized spacial score (nSPS) is 14.4. The Morgan fingerprint density at radius 1 is 0.769 bits per heavy atom. The lowest BCUT2D eigenvalue weighted by atomic mass is 9.87. The molecule has 0 fully saturated rings. The summed E-state index contributed by atoms with van der Waals surface area (Å²) < 4.78 is 27.8. The van der Waals surface area contributed by atoms with Crippen LogP contribution < -0.4 is 23.7 Å². The van der Waals surface area contributed by atoms with Crippen LogP contribution in [0, 0.1) is 0 Å². The molecule has 0 spiro atoms. The molecule has 0 saturated carbocycles. The van der Waals surface area contributed by atoms with Crippen molar-refractivity contribution in [1.82, 2.24) is 4.90 Å². The van der Waals surface area contributed by atoms with Crippen LogP contribution >= 0.6 is 11.3 Å². The van der Waals surface area contributed by atoms with Gasteiger partial charge in [-0.2, -0.15) is 0 Å². The van der Waals surface area contributed by atoms with Gasteiger partial charge in [-0.05, 0) is 59.5 Å². The molecule has 1 atom stereocenters. The second-order valence-corrected chi connectivity index (χ2v) is 10.1. The van der Waals surface area contributed by atoms with Crippen LogP contribution in [-0.2, 0) is 6.42 Å². The molecule has 202 valence electrons. The number of hydrogen-bond donors (Lipinski definition) is 0.